The van der Waals surface area contributed by atoms with Crippen molar-refractivity contribution in [1.29, 1.82) is 0 Å². The number of nitrogens with one attached hydrogen (secondary N) is 1. The molecule has 9 rings (SSSR count). The Kier molecular flexibility index (Phi) is 12.3. The average molecular weight is 881 g/mol. The van der Waals surface area contributed by atoms with Gasteiger partial charge in [0.15, 0.2) is 22.8 Å². The molecule has 2 N–H and O–H groups in total. The van der Waals surface area contributed by atoms with Gasteiger partial charge in [0.25, 0.3) is 0 Å². The van der Waals surface area contributed by atoms with Gasteiger partial charge in [-0.05, 0) is 93.9 Å². The molecule has 2 aromatic heterocycles. The summed E-state index contributed by atoms with van der Waals surface area (Å²) in [7, 11) is 6.56. The van der Waals surface area contributed by atoms with Crippen LogP contribution in [0.15, 0.2) is 169 Å². The fourth-order valence-electron chi connectivity index (χ4n) is 9.15. The number of methoxy groups -OCH3 is 4. The summed E-state index contributed by atoms with van der Waals surface area (Å²) in [5.74, 6) is 3.53. The summed E-state index contributed by atoms with van der Waals surface area (Å²) < 4.78 is 30.9. The highest BCUT2D eigenvalue weighted by Crippen LogP contribution is 2.48. The molecule has 0 radical (unpaired) electrons. The van der Waals surface area contributed by atoms with Crippen LogP contribution in [-0.4, -0.2) is 71.8 Å². The number of hydrogen-bond acceptors (Lipinski definition) is 11. The van der Waals surface area contributed by atoms with Crippen molar-refractivity contribution < 1.29 is 28.8 Å². The standard InChI is InChI=1S/C52H48N8O6/c1-62-40-23-15-35(16-24-40)51(34-11-7-5-8-12-34,36-17-25-41(63-2)26-18-36)50-55-47(46-48(56-50)60(33-54-46)49-45(58-59-53)31-44(32-61)66-49)57-52(37-13-9-6-10-14-37,38-19-27-42(64-3)28-20-38)39-21-29-43(65-4)30-22-39/h5-30,33,44-45,49,61H,31-32H2,1-4H3,(H,55,56,57)/t44-,45+,49-/m0/s1. The lowest BCUT2D eigenvalue weighted by molar-refractivity contribution is -0.0239. The van der Waals surface area contributed by atoms with Crippen molar-refractivity contribution in [2.45, 2.75) is 35.7 Å². The Hall–Kier alpha value is -7.90. The molecule has 14 nitrogen and oxygen atoms in total. The predicted octanol–water partition coefficient (Wildman–Crippen LogP) is 9.61. The molecule has 0 bridgehead atoms. The number of aliphatic hydroxyl groups is 1. The molecule has 6 aromatic carbocycles. The lowest BCUT2D eigenvalue weighted by atomic mass is 9.68. The largest absolute Gasteiger partial charge is 0.497 e. The van der Waals surface area contributed by atoms with Gasteiger partial charge in [0.2, 0.25) is 0 Å². The second-order valence-corrected chi connectivity index (χ2v) is 15.8. The van der Waals surface area contributed by atoms with Crippen molar-refractivity contribution in [3.63, 3.8) is 0 Å². The van der Waals surface area contributed by atoms with E-state index < -0.39 is 29.3 Å². The first-order valence-electron chi connectivity index (χ1n) is 21.4. The Morgan fingerprint density at radius 1 is 0.652 bits per heavy atom. The maximum Gasteiger partial charge on any atom is 0.167 e. The van der Waals surface area contributed by atoms with Crippen molar-refractivity contribution in [3.05, 3.63) is 214 Å². The van der Waals surface area contributed by atoms with Crippen LogP contribution in [0.3, 0.4) is 0 Å². The van der Waals surface area contributed by atoms with E-state index in [1.165, 1.54) is 0 Å². The quantitative estimate of drug-likeness (QED) is 0.0412. The molecule has 1 saturated heterocycles. The predicted molar refractivity (Wildman–Crippen MR) is 251 cm³/mol. The Morgan fingerprint density at radius 2 is 1.09 bits per heavy atom. The molecule has 3 heterocycles. The molecule has 66 heavy (non-hydrogen) atoms. The molecule has 332 valence electrons. The monoisotopic (exact) mass is 880 g/mol. The minimum absolute atomic E-state index is 0.261. The van der Waals surface area contributed by atoms with Gasteiger partial charge in [-0.2, -0.15) is 0 Å². The first kappa shape index (κ1) is 43.4. The maximum absolute atomic E-state index is 10.3. The number of fused-ring (bicyclic) bond motifs is 1. The molecule has 3 atom stereocenters. The molecule has 0 unspecified atom stereocenters. The zero-order chi connectivity index (χ0) is 45.7. The number of ether oxygens (including phenoxy) is 5. The van der Waals surface area contributed by atoms with E-state index in [2.05, 4.69) is 39.6 Å². The topological polar surface area (TPSA) is 171 Å². The zero-order valence-electron chi connectivity index (χ0n) is 36.9. The molecular weight excluding hydrogens is 833 g/mol. The van der Waals surface area contributed by atoms with Crippen LogP contribution in [0.1, 0.15) is 51.9 Å². The molecule has 0 spiro atoms. The van der Waals surface area contributed by atoms with Crippen molar-refractivity contribution in [3.8, 4) is 23.0 Å². The van der Waals surface area contributed by atoms with Crippen molar-refractivity contribution >= 4 is 17.0 Å². The highest BCUT2D eigenvalue weighted by molar-refractivity contribution is 5.85. The highest BCUT2D eigenvalue weighted by Gasteiger charge is 2.45. The molecule has 0 amide bonds. The summed E-state index contributed by atoms with van der Waals surface area (Å²) in [6, 6.07) is 51.3. The van der Waals surface area contributed by atoms with Crippen molar-refractivity contribution in [2.75, 3.05) is 40.4 Å². The van der Waals surface area contributed by atoms with Crippen LogP contribution in [0.4, 0.5) is 5.82 Å². The number of imidazole rings is 1. The van der Waals surface area contributed by atoms with Crippen LogP contribution in [-0.2, 0) is 15.7 Å². The number of azide groups is 1. The number of rotatable bonds is 16. The lowest BCUT2D eigenvalue weighted by Gasteiger charge is -2.38. The lowest BCUT2D eigenvalue weighted by Crippen LogP contribution is -2.39. The second kappa shape index (κ2) is 18.7. The number of anilines is 1. The maximum atomic E-state index is 10.3. The Morgan fingerprint density at radius 3 is 1.55 bits per heavy atom. The molecule has 1 fully saturated rings. The molecule has 0 saturated carbocycles. The van der Waals surface area contributed by atoms with Crippen LogP contribution >= 0.6 is 0 Å². The summed E-state index contributed by atoms with van der Waals surface area (Å²) in [6.07, 6.45) is 0.494. The van der Waals surface area contributed by atoms with Gasteiger partial charge in [0, 0.05) is 4.91 Å². The van der Waals surface area contributed by atoms with Crippen LogP contribution in [0.25, 0.3) is 21.6 Å². The summed E-state index contributed by atoms with van der Waals surface area (Å²) in [5, 5.41) is 18.4. The van der Waals surface area contributed by atoms with Crippen LogP contribution in [0.2, 0.25) is 0 Å². The minimum Gasteiger partial charge on any atom is -0.497 e. The van der Waals surface area contributed by atoms with E-state index in [0.717, 1.165) is 33.4 Å². The second-order valence-electron chi connectivity index (χ2n) is 15.8. The van der Waals surface area contributed by atoms with E-state index in [1.54, 1.807) is 39.3 Å². The third-order valence-corrected chi connectivity index (χ3v) is 12.4. The van der Waals surface area contributed by atoms with Gasteiger partial charge in [-0.3, -0.25) is 4.57 Å². The normalized spacial score (nSPS) is 16.0. The molecule has 0 aliphatic carbocycles. The summed E-state index contributed by atoms with van der Waals surface area (Å²) in [4.78, 5) is 19.4. The number of nitrogens with zero attached hydrogens (tertiary/aromatic N) is 7. The third-order valence-electron chi connectivity index (χ3n) is 12.4. The summed E-state index contributed by atoms with van der Waals surface area (Å²) in [5.41, 5.74) is 13.5. The molecule has 14 heteroatoms. The number of aromatic nitrogens is 4. The van der Waals surface area contributed by atoms with Crippen LogP contribution in [0, 0.1) is 0 Å². The van der Waals surface area contributed by atoms with Gasteiger partial charge in [-0.25, -0.2) is 15.0 Å². The van der Waals surface area contributed by atoms with Crippen LogP contribution < -0.4 is 24.3 Å². The van der Waals surface area contributed by atoms with E-state index in [-0.39, 0.29) is 6.61 Å². The van der Waals surface area contributed by atoms with Crippen molar-refractivity contribution in [1.82, 2.24) is 19.5 Å². The van der Waals surface area contributed by atoms with Gasteiger partial charge >= 0.3 is 0 Å². The van der Waals surface area contributed by atoms with E-state index in [9.17, 15) is 10.6 Å². The van der Waals surface area contributed by atoms with Gasteiger partial charge < -0.3 is 34.1 Å². The highest BCUT2D eigenvalue weighted by atomic mass is 16.5. The molecular formula is C52H48N8O6. The fourth-order valence-corrected chi connectivity index (χ4v) is 9.15. The first-order valence-corrected chi connectivity index (χ1v) is 21.4. The van der Waals surface area contributed by atoms with Gasteiger partial charge in [0.1, 0.15) is 40.2 Å². The Labute approximate surface area is 382 Å². The Balaban J connectivity index is 1.42. The third kappa shape index (κ3) is 7.66. The summed E-state index contributed by atoms with van der Waals surface area (Å²) in [6.45, 7) is -0.261. The number of benzene rings is 6. The Bertz CT molecular complexity index is 2850. The zero-order valence-corrected chi connectivity index (χ0v) is 36.9. The number of aliphatic hydroxyl groups excluding tert-OH is 1. The smallest absolute Gasteiger partial charge is 0.167 e. The van der Waals surface area contributed by atoms with E-state index in [0.29, 0.717) is 52.2 Å². The van der Waals surface area contributed by atoms with Gasteiger partial charge in [-0.15, -0.1) is 0 Å². The van der Waals surface area contributed by atoms with E-state index in [4.69, 9.17) is 38.6 Å². The SMILES string of the molecule is COc1ccc(C(Nc2nc(C(c3ccccc3)(c3ccc(OC)cc3)c3ccc(OC)cc3)nc3c2ncn3[C@H]2O[C@H](CO)C[C@H]2N=[N+]=[N-])(c2ccccc2)c2ccc(OC)cc2)cc1. The summed E-state index contributed by atoms with van der Waals surface area (Å²) >= 11 is 0. The number of hydrogen-bond donors (Lipinski definition) is 2. The van der Waals surface area contributed by atoms with Crippen LogP contribution in [0.5, 0.6) is 23.0 Å². The minimum atomic E-state index is -1.19. The molecule has 1 aliphatic rings. The van der Waals surface area contributed by atoms with E-state index in [1.807, 2.05) is 133 Å². The first-order chi connectivity index (χ1) is 32.4. The fraction of sp³-hybridized carbons (Fsp3) is 0.212. The van der Waals surface area contributed by atoms with Crippen molar-refractivity contribution in [2.24, 2.45) is 5.11 Å². The van der Waals surface area contributed by atoms with Gasteiger partial charge in [-0.1, -0.05) is 114 Å². The van der Waals surface area contributed by atoms with E-state index >= 15 is 0 Å². The average Bonchev–Trinajstić information content (AvgIpc) is 4.01. The molecule has 8 aromatic rings. The molecule has 1 aliphatic heterocycles. The van der Waals surface area contributed by atoms with Gasteiger partial charge in [0.05, 0.1) is 53.5 Å².